The summed E-state index contributed by atoms with van der Waals surface area (Å²) in [4.78, 5) is 26.2. The minimum atomic E-state index is -0.511. The topological polar surface area (TPSA) is 46.6 Å². The van der Waals surface area contributed by atoms with Gasteiger partial charge >= 0.3 is 6.09 Å². The molecule has 1 aromatic rings. The first-order chi connectivity index (χ1) is 10.1. The highest BCUT2D eigenvalue weighted by molar-refractivity contribution is 6.02. The van der Waals surface area contributed by atoms with Gasteiger partial charge in [0.2, 0.25) is 0 Å². The van der Waals surface area contributed by atoms with Crippen LogP contribution in [0.15, 0.2) is 24.3 Å². The van der Waals surface area contributed by atoms with Crippen molar-refractivity contribution in [3.8, 4) is 0 Å². The monoisotopic (exact) mass is 303 g/mol. The van der Waals surface area contributed by atoms with Crippen molar-refractivity contribution in [1.82, 2.24) is 4.90 Å². The first-order valence-electron chi connectivity index (χ1n) is 7.76. The van der Waals surface area contributed by atoms with Crippen molar-refractivity contribution >= 4 is 11.9 Å². The molecule has 1 aliphatic rings. The smallest absolute Gasteiger partial charge is 0.410 e. The van der Waals surface area contributed by atoms with E-state index >= 15 is 0 Å². The molecule has 1 fully saturated rings. The van der Waals surface area contributed by atoms with Crippen LogP contribution in [0.3, 0.4) is 0 Å². The molecule has 2 rings (SSSR count). The van der Waals surface area contributed by atoms with Crippen LogP contribution >= 0.6 is 0 Å². The summed E-state index contributed by atoms with van der Waals surface area (Å²) in [5.41, 5.74) is 0.905. The van der Waals surface area contributed by atoms with Crippen LogP contribution in [0.4, 0.5) is 4.79 Å². The molecule has 0 aromatic heterocycles. The lowest BCUT2D eigenvalue weighted by molar-refractivity contribution is -0.0197. The van der Waals surface area contributed by atoms with Crippen molar-refractivity contribution in [2.24, 2.45) is 5.41 Å². The molecule has 4 nitrogen and oxygen atoms in total. The van der Waals surface area contributed by atoms with Crippen molar-refractivity contribution in [2.75, 3.05) is 13.1 Å². The number of nitrogens with zero attached hydrogens (tertiary/aromatic N) is 1. The largest absolute Gasteiger partial charge is 0.444 e. The number of Topliss-reactive ketones (excluding diaryl/α,β-unsaturated/α-hetero) is 1. The van der Waals surface area contributed by atoms with E-state index in [-0.39, 0.29) is 11.9 Å². The van der Waals surface area contributed by atoms with Crippen LogP contribution < -0.4 is 0 Å². The number of hydrogen-bond acceptors (Lipinski definition) is 3. The molecular formula is C18H25NO3. The standard InChI is InChI=1S/C18H25NO3/c1-6-13-7-9-14(10-8-13)15(20)18(5)11-19(12-18)16(21)22-17(2,3)4/h7-10H,6,11-12H2,1-5H3. The third-order valence-electron chi connectivity index (χ3n) is 3.90. The number of hydrogen-bond donors (Lipinski definition) is 0. The number of aryl methyl sites for hydroxylation is 1. The molecule has 0 N–H and O–H groups in total. The van der Waals surface area contributed by atoms with Crippen molar-refractivity contribution < 1.29 is 14.3 Å². The highest BCUT2D eigenvalue weighted by Gasteiger charge is 2.48. The minimum absolute atomic E-state index is 0.0926. The maximum Gasteiger partial charge on any atom is 0.410 e. The molecule has 1 amide bonds. The van der Waals surface area contributed by atoms with Gasteiger partial charge in [-0.1, -0.05) is 31.2 Å². The SMILES string of the molecule is CCc1ccc(C(=O)C2(C)CN(C(=O)OC(C)(C)C)C2)cc1. The minimum Gasteiger partial charge on any atom is -0.444 e. The summed E-state index contributed by atoms with van der Waals surface area (Å²) in [6.45, 7) is 10.3. The highest BCUT2D eigenvalue weighted by Crippen LogP contribution is 2.34. The normalized spacial score (nSPS) is 16.9. The summed E-state index contributed by atoms with van der Waals surface area (Å²) < 4.78 is 5.33. The Morgan fingerprint density at radius 2 is 1.73 bits per heavy atom. The number of carbonyl (C=O) groups excluding carboxylic acids is 2. The van der Waals surface area contributed by atoms with Crippen LogP contribution in [0.5, 0.6) is 0 Å². The zero-order valence-electron chi connectivity index (χ0n) is 14.1. The molecule has 0 radical (unpaired) electrons. The molecule has 0 bridgehead atoms. The fraction of sp³-hybridized carbons (Fsp3) is 0.556. The van der Waals surface area contributed by atoms with Gasteiger partial charge in [0.1, 0.15) is 5.60 Å². The van der Waals surface area contributed by atoms with E-state index in [1.165, 1.54) is 5.56 Å². The first kappa shape index (κ1) is 16.5. The van der Waals surface area contributed by atoms with Crippen LogP contribution in [0, 0.1) is 5.41 Å². The zero-order valence-corrected chi connectivity index (χ0v) is 14.1. The first-order valence-corrected chi connectivity index (χ1v) is 7.76. The number of carbonyl (C=O) groups is 2. The van der Waals surface area contributed by atoms with Crippen LogP contribution in [0.1, 0.15) is 50.5 Å². The van der Waals surface area contributed by atoms with Gasteiger partial charge in [0, 0.05) is 18.7 Å². The third-order valence-corrected chi connectivity index (χ3v) is 3.90. The Kier molecular flexibility index (Phi) is 4.32. The third kappa shape index (κ3) is 3.49. The van der Waals surface area contributed by atoms with Gasteiger partial charge in [-0.05, 0) is 39.7 Å². The van der Waals surface area contributed by atoms with Crippen molar-refractivity contribution in [3.05, 3.63) is 35.4 Å². The summed E-state index contributed by atoms with van der Waals surface area (Å²) in [5, 5.41) is 0. The lowest BCUT2D eigenvalue weighted by atomic mass is 9.75. The van der Waals surface area contributed by atoms with Gasteiger partial charge in [-0.25, -0.2) is 4.79 Å². The van der Waals surface area contributed by atoms with E-state index in [1.54, 1.807) is 4.90 Å². The van der Waals surface area contributed by atoms with Crippen LogP contribution in [-0.4, -0.2) is 35.5 Å². The van der Waals surface area contributed by atoms with Gasteiger partial charge in [-0.2, -0.15) is 0 Å². The molecule has 1 aromatic carbocycles. The second-order valence-electron chi connectivity index (χ2n) is 7.28. The number of likely N-dealkylation sites (tertiary alicyclic amines) is 1. The molecular weight excluding hydrogens is 278 g/mol. The molecule has 0 aliphatic carbocycles. The number of ketones is 1. The predicted octanol–water partition coefficient (Wildman–Crippen LogP) is 3.69. The Bertz CT molecular complexity index is 563. The van der Waals surface area contributed by atoms with E-state index < -0.39 is 11.0 Å². The average molecular weight is 303 g/mol. The molecule has 0 saturated carbocycles. The molecule has 1 saturated heterocycles. The van der Waals surface area contributed by atoms with Gasteiger partial charge in [-0.15, -0.1) is 0 Å². The molecule has 0 atom stereocenters. The fourth-order valence-corrected chi connectivity index (χ4v) is 2.64. The second-order valence-corrected chi connectivity index (χ2v) is 7.28. The molecule has 0 unspecified atom stereocenters. The number of rotatable bonds is 3. The number of amides is 1. The van der Waals surface area contributed by atoms with E-state index in [0.717, 1.165) is 6.42 Å². The molecule has 22 heavy (non-hydrogen) atoms. The van der Waals surface area contributed by atoms with E-state index in [1.807, 2.05) is 52.0 Å². The van der Waals surface area contributed by atoms with E-state index in [2.05, 4.69) is 6.92 Å². The summed E-state index contributed by atoms with van der Waals surface area (Å²) in [6, 6.07) is 7.73. The van der Waals surface area contributed by atoms with Gasteiger partial charge in [-0.3, -0.25) is 4.79 Å². The van der Waals surface area contributed by atoms with E-state index in [0.29, 0.717) is 18.7 Å². The Labute approximate surface area is 132 Å². The summed E-state index contributed by atoms with van der Waals surface area (Å²) in [7, 11) is 0. The van der Waals surface area contributed by atoms with Crippen LogP contribution in [0.2, 0.25) is 0 Å². The molecule has 1 aliphatic heterocycles. The predicted molar refractivity (Wildman–Crippen MR) is 86.1 cm³/mol. The maximum absolute atomic E-state index is 12.6. The van der Waals surface area contributed by atoms with Gasteiger partial charge in [0.25, 0.3) is 0 Å². The zero-order chi connectivity index (χ0) is 16.5. The second kappa shape index (κ2) is 5.75. The fourth-order valence-electron chi connectivity index (χ4n) is 2.64. The van der Waals surface area contributed by atoms with Crippen LogP contribution in [0.25, 0.3) is 0 Å². The van der Waals surface area contributed by atoms with Crippen molar-refractivity contribution in [3.63, 3.8) is 0 Å². The van der Waals surface area contributed by atoms with Gasteiger partial charge < -0.3 is 9.64 Å². The summed E-state index contributed by atoms with van der Waals surface area (Å²) >= 11 is 0. The Morgan fingerprint density at radius 3 is 2.18 bits per heavy atom. The molecule has 1 heterocycles. The van der Waals surface area contributed by atoms with Gasteiger partial charge in [0.05, 0.1) is 5.41 Å². The lowest BCUT2D eigenvalue weighted by Crippen LogP contribution is -2.61. The quantitative estimate of drug-likeness (QED) is 0.800. The van der Waals surface area contributed by atoms with Crippen molar-refractivity contribution in [2.45, 2.75) is 46.6 Å². The van der Waals surface area contributed by atoms with Crippen LogP contribution in [-0.2, 0) is 11.2 Å². The Hall–Kier alpha value is -1.84. The Morgan fingerprint density at radius 1 is 1.18 bits per heavy atom. The molecule has 4 heteroatoms. The van der Waals surface area contributed by atoms with Crippen molar-refractivity contribution in [1.29, 1.82) is 0 Å². The Balaban J connectivity index is 1.99. The summed E-state index contributed by atoms with van der Waals surface area (Å²) in [5.74, 6) is 0.0926. The molecule has 120 valence electrons. The summed E-state index contributed by atoms with van der Waals surface area (Å²) in [6.07, 6.45) is 0.608. The maximum atomic E-state index is 12.6. The number of benzene rings is 1. The van der Waals surface area contributed by atoms with Gasteiger partial charge in [0.15, 0.2) is 5.78 Å². The molecule has 0 spiro atoms. The average Bonchev–Trinajstić information content (AvgIpc) is 2.41. The van der Waals surface area contributed by atoms with E-state index in [4.69, 9.17) is 4.74 Å². The highest BCUT2D eigenvalue weighted by atomic mass is 16.6. The van der Waals surface area contributed by atoms with E-state index in [9.17, 15) is 9.59 Å². The number of ether oxygens (including phenoxy) is 1. The lowest BCUT2D eigenvalue weighted by Gasteiger charge is -2.46.